The Morgan fingerprint density at radius 3 is 2.64 bits per heavy atom. The molecule has 0 spiro atoms. The largest absolute Gasteiger partial charge is 0.364 e. The number of carbonyl (C=O) groups is 2. The smallest absolute Gasteiger partial charge is 0.267 e. The summed E-state index contributed by atoms with van der Waals surface area (Å²) < 4.78 is 0. The highest BCUT2D eigenvalue weighted by atomic mass is 16.2. The van der Waals surface area contributed by atoms with E-state index in [0.29, 0.717) is 29.9 Å². The summed E-state index contributed by atoms with van der Waals surface area (Å²) in [5, 5.41) is 2.82. The van der Waals surface area contributed by atoms with Gasteiger partial charge in [0.15, 0.2) is 11.6 Å². The Morgan fingerprint density at radius 1 is 1.21 bits per heavy atom. The number of nitrogens with two attached hydrogens (primary N) is 1. The molecule has 28 heavy (non-hydrogen) atoms. The van der Waals surface area contributed by atoms with Crippen molar-refractivity contribution < 1.29 is 9.59 Å². The third-order valence-electron chi connectivity index (χ3n) is 5.66. The number of aryl methyl sites for hydroxylation is 1. The maximum Gasteiger partial charge on any atom is 0.267 e. The van der Waals surface area contributed by atoms with Crippen LogP contribution in [0.5, 0.6) is 0 Å². The van der Waals surface area contributed by atoms with Crippen LogP contribution >= 0.6 is 0 Å². The minimum Gasteiger partial charge on any atom is -0.364 e. The fraction of sp³-hybridized carbons (Fsp3) is 0.450. The molecule has 1 aliphatic carbocycles. The number of hydrogen-bond donors (Lipinski definition) is 2. The zero-order valence-electron chi connectivity index (χ0n) is 16.1. The number of hydrogen-bond acceptors (Lipinski definition) is 6. The molecular weight excluding hydrogens is 356 g/mol. The van der Waals surface area contributed by atoms with Crippen LogP contribution in [-0.4, -0.2) is 39.4 Å². The van der Waals surface area contributed by atoms with E-state index in [1.807, 2.05) is 6.92 Å². The van der Waals surface area contributed by atoms with Gasteiger partial charge in [-0.2, -0.15) is 0 Å². The van der Waals surface area contributed by atoms with Crippen LogP contribution < -0.4 is 16.0 Å². The molecule has 0 unspecified atom stereocenters. The monoisotopic (exact) mass is 380 g/mol. The highest BCUT2D eigenvalue weighted by Gasteiger charge is 2.32. The first kappa shape index (κ1) is 18.3. The van der Waals surface area contributed by atoms with Gasteiger partial charge < -0.3 is 16.0 Å². The summed E-state index contributed by atoms with van der Waals surface area (Å²) in [6, 6.07) is 1.95. The van der Waals surface area contributed by atoms with Crippen molar-refractivity contribution in [2.24, 2.45) is 11.7 Å². The van der Waals surface area contributed by atoms with Crippen LogP contribution in [0.15, 0.2) is 18.5 Å². The van der Waals surface area contributed by atoms with Gasteiger partial charge in [0.2, 0.25) is 5.91 Å². The number of primary amides is 1. The maximum absolute atomic E-state index is 12.2. The van der Waals surface area contributed by atoms with Crippen molar-refractivity contribution in [1.82, 2.24) is 15.0 Å². The second-order valence-corrected chi connectivity index (χ2v) is 7.77. The summed E-state index contributed by atoms with van der Waals surface area (Å²) in [6.07, 6.45) is 7.63. The number of aromatic nitrogens is 3. The molecule has 0 saturated heterocycles. The SMILES string of the molecule is Cc1cc(C(N)=O)ncc1-c1cnc2c(n1)N(C1CCC(C)CC1)CC(=O)N2. The lowest BCUT2D eigenvalue weighted by molar-refractivity contribution is -0.115. The third-order valence-corrected chi connectivity index (χ3v) is 5.66. The van der Waals surface area contributed by atoms with Gasteiger partial charge in [0.05, 0.1) is 18.4 Å². The molecule has 2 aromatic rings. The van der Waals surface area contributed by atoms with Crippen LogP contribution in [0.1, 0.15) is 48.7 Å². The van der Waals surface area contributed by atoms with Crippen molar-refractivity contribution in [2.75, 3.05) is 16.8 Å². The molecular formula is C20H24N6O2. The van der Waals surface area contributed by atoms with E-state index in [2.05, 4.69) is 27.1 Å². The Balaban J connectivity index is 1.71. The van der Waals surface area contributed by atoms with Gasteiger partial charge in [0.25, 0.3) is 5.91 Å². The van der Waals surface area contributed by atoms with Crippen molar-refractivity contribution in [1.29, 1.82) is 0 Å². The Kier molecular flexibility index (Phi) is 4.70. The highest BCUT2D eigenvalue weighted by molar-refractivity contribution is 5.99. The van der Waals surface area contributed by atoms with Crippen LogP contribution in [0, 0.1) is 12.8 Å². The molecule has 0 radical (unpaired) electrons. The van der Waals surface area contributed by atoms with E-state index >= 15 is 0 Å². The first-order valence-corrected chi connectivity index (χ1v) is 9.62. The fourth-order valence-corrected chi connectivity index (χ4v) is 4.01. The maximum atomic E-state index is 12.2. The average molecular weight is 380 g/mol. The molecule has 2 aromatic heterocycles. The van der Waals surface area contributed by atoms with Crippen molar-refractivity contribution in [2.45, 2.75) is 45.6 Å². The minimum absolute atomic E-state index is 0.0585. The van der Waals surface area contributed by atoms with Gasteiger partial charge in [0, 0.05) is 17.8 Å². The lowest BCUT2D eigenvalue weighted by atomic mass is 9.86. The first-order chi connectivity index (χ1) is 13.4. The van der Waals surface area contributed by atoms with Crippen LogP contribution in [0.4, 0.5) is 11.6 Å². The second-order valence-electron chi connectivity index (χ2n) is 7.77. The summed E-state index contributed by atoms with van der Waals surface area (Å²) in [5.41, 5.74) is 7.82. The normalized spacial score (nSPS) is 21.8. The van der Waals surface area contributed by atoms with Crippen LogP contribution in [-0.2, 0) is 4.79 Å². The second kappa shape index (κ2) is 7.18. The number of fused-ring (bicyclic) bond motifs is 1. The average Bonchev–Trinajstić information content (AvgIpc) is 2.67. The van der Waals surface area contributed by atoms with Crippen LogP contribution in [0.3, 0.4) is 0 Å². The standard InChI is InChI=1S/C20H24N6O2/c1-11-3-5-13(6-4-11)26-10-17(27)25-19-20(26)24-16(9-23-19)14-8-22-15(18(21)28)7-12(14)2/h7-9,11,13H,3-6,10H2,1-2H3,(H2,21,28)(H,23,25,27). The molecule has 1 fully saturated rings. The Bertz CT molecular complexity index is 936. The lowest BCUT2D eigenvalue weighted by Crippen LogP contribution is -2.46. The molecule has 2 amide bonds. The fourth-order valence-electron chi connectivity index (χ4n) is 4.01. The molecule has 8 nitrogen and oxygen atoms in total. The van der Waals surface area contributed by atoms with E-state index in [1.54, 1.807) is 18.5 Å². The van der Waals surface area contributed by atoms with E-state index in [4.69, 9.17) is 10.7 Å². The quantitative estimate of drug-likeness (QED) is 0.844. The molecule has 0 atom stereocenters. The van der Waals surface area contributed by atoms with E-state index < -0.39 is 5.91 Å². The number of nitrogens with zero attached hydrogens (tertiary/aromatic N) is 4. The molecule has 2 aliphatic rings. The lowest BCUT2D eigenvalue weighted by Gasteiger charge is -2.39. The van der Waals surface area contributed by atoms with Crippen LogP contribution in [0.25, 0.3) is 11.3 Å². The Morgan fingerprint density at radius 2 is 1.96 bits per heavy atom. The van der Waals surface area contributed by atoms with Crippen LogP contribution in [0.2, 0.25) is 0 Å². The van der Waals surface area contributed by atoms with Gasteiger partial charge in [-0.15, -0.1) is 0 Å². The van der Waals surface area contributed by atoms with Gasteiger partial charge in [0.1, 0.15) is 5.69 Å². The van der Waals surface area contributed by atoms with E-state index in [9.17, 15) is 9.59 Å². The highest BCUT2D eigenvalue weighted by Crippen LogP contribution is 2.35. The summed E-state index contributed by atoms with van der Waals surface area (Å²) >= 11 is 0. The number of amides is 2. The van der Waals surface area contributed by atoms with Gasteiger partial charge in [-0.05, 0) is 50.2 Å². The van der Waals surface area contributed by atoms with E-state index in [-0.39, 0.29) is 11.6 Å². The molecule has 0 bridgehead atoms. The minimum atomic E-state index is -0.563. The van der Waals surface area contributed by atoms with Crippen molar-refractivity contribution in [3.8, 4) is 11.3 Å². The topological polar surface area (TPSA) is 114 Å². The zero-order valence-corrected chi connectivity index (χ0v) is 16.1. The molecule has 3 N–H and O–H groups in total. The molecule has 8 heteroatoms. The Hall–Kier alpha value is -3.03. The number of anilines is 2. The molecule has 3 heterocycles. The predicted octanol–water partition coefficient (Wildman–Crippen LogP) is 2.28. The number of pyridine rings is 1. The van der Waals surface area contributed by atoms with Gasteiger partial charge in [-0.25, -0.2) is 9.97 Å². The summed E-state index contributed by atoms with van der Waals surface area (Å²) in [5.74, 6) is 1.31. The summed E-state index contributed by atoms with van der Waals surface area (Å²) in [7, 11) is 0. The number of nitrogens with one attached hydrogen (secondary N) is 1. The van der Waals surface area contributed by atoms with Crippen molar-refractivity contribution in [3.63, 3.8) is 0 Å². The van der Waals surface area contributed by atoms with E-state index in [0.717, 1.165) is 42.7 Å². The molecule has 146 valence electrons. The molecule has 4 rings (SSSR count). The molecule has 1 aliphatic heterocycles. The zero-order chi connectivity index (χ0) is 19.8. The molecule has 1 saturated carbocycles. The predicted molar refractivity (Wildman–Crippen MR) is 106 cm³/mol. The summed E-state index contributed by atoms with van der Waals surface area (Å²) in [4.78, 5) is 39.0. The van der Waals surface area contributed by atoms with E-state index in [1.165, 1.54) is 0 Å². The van der Waals surface area contributed by atoms with Crippen molar-refractivity contribution >= 4 is 23.5 Å². The Labute approximate surface area is 163 Å². The van der Waals surface area contributed by atoms with Gasteiger partial charge in [-0.3, -0.25) is 14.6 Å². The molecule has 0 aromatic carbocycles. The number of carbonyl (C=O) groups excluding carboxylic acids is 2. The number of rotatable bonds is 3. The van der Waals surface area contributed by atoms with Crippen molar-refractivity contribution in [3.05, 3.63) is 29.7 Å². The first-order valence-electron chi connectivity index (χ1n) is 9.62. The summed E-state index contributed by atoms with van der Waals surface area (Å²) in [6.45, 7) is 4.45. The third kappa shape index (κ3) is 3.42. The van der Waals surface area contributed by atoms with Gasteiger partial charge in [-0.1, -0.05) is 6.92 Å². The van der Waals surface area contributed by atoms with Gasteiger partial charge >= 0.3 is 0 Å².